The van der Waals surface area contributed by atoms with Crippen LogP contribution in [0.2, 0.25) is 0 Å². The number of hydrogen-bond acceptors (Lipinski definition) is 9. The summed E-state index contributed by atoms with van der Waals surface area (Å²) in [5.41, 5.74) is 3.05. The van der Waals surface area contributed by atoms with Crippen molar-refractivity contribution in [3.05, 3.63) is 77.6 Å². The Morgan fingerprint density at radius 3 is 2.47 bits per heavy atom. The van der Waals surface area contributed by atoms with Crippen molar-refractivity contribution in [2.24, 2.45) is 0 Å². The maximum Gasteiger partial charge on any atom is 0.278 e. The normalized spacial score (nSPS) is 20.0. The van der Waals surface area contributed by atoms with Gasteiger partial charge < -0.3 is 35.4 Å². The van der Waals surface area contributed by atoms with E-state index in [2.05, 4.69) is 20.6 Å². The number of nitrogens with one attached hydrogen (secondary N) is 2. The van der Waals surface area contributed by atoms with Crippen molar-refractivity contribution in [3.8, 4) is 17.0 Å². The van der Waals surface area contributed by atoms with E-state index in [1.807, 2.05) is 0 Å². The van der Waals surface area contributed by atoms with E-state index in [0.29, 0.717) is 54.3 Å². The minimum absolute atomic E-state index is 0.0674. The number of β-amino-alcohol motifs (C(OH)–C–C–N with tert-alkyl or cyclic N) is 1. The molecule has 4 aromatic rings. The molecule has 0 spiro atoms. The molecule has 2 aliphatic rings. The number of aryl methyl sites for hydroxylation is 1. The van der Waals surface area contributed by atoms with Gasteiger partial charge in [0.25, 0.3) is 11.8 Å². The van der Waals surface area contributed by atoms with Crippen LogP contribution >= 0.6 is 0 Å². The Bertz CT molecular complexity index is 1790. The van der Waals surface area contributed by atoms with Gasteiger partial charge >= 0.3 is 0 Å². The summed E-state index contributed by atoms with van der Waals surface area (Å²) >= 11 is 0. The Hall–Kier alpha value is -4.92. The Morgan fingerprint density at radius 1 is 1.04 bits per heavy atom. The third-order valence-electron chi connectivity index (χ3n) is 8.23. The number of amides is 3. The molecule has 4 heterocycles. The second kappa shape index (κ2) is 12.2. The van der Waals surface area contributed by atoms with Crippen molar-refractivity contribution in [2.75, 3.05) is 45.2 Å². The van der Waals surface area contributed by atoms with Crippen LogP contribution in [-0.2, 0) is 4.79 Å². The Morgan fingerprint density at radius 2 is 1.80 bits per heavy atom. The van der Waals surface area contributed by atoms with Gasteiger partial charge in [0.2, 0.25) is 5.91 Å². The third kappa shape index (κ3) is 5.70. The first-order valence-electron chi connectivity index (χ1n) is 14.4. The Kier molecular flexibility index (Phi) is 8.18. The molecule has 14 heteroatoms. The molecule has 0 aliphatic carbocycles. The highest BCUT2D eigenvalue weighted by atomic mass is 19.1. The van der Waals surface area contributed by atoms with Crippen LogP contribution in [0.25, 0.3) is 16.9 Å². The van der Waals surface area contributed by atoms with Gasteiger partial charge in [-0.1, -0.05) is 0 Å². The second-order valence-corrected chi connectivity index (χ2v) is 11.0. The molecule has 0 unspecified atom stereocenters. The van der Waals surface area contributed by atoms with E-state index in [4.69, 9.17) is 4.74 Å². The fourth-order valence-corrected chi connectivity index (χ4v) is 5.73. The van der Waals surface area contributed by atoms with E-state index in [0.717, 1.165) is 0 Å². The van der Waals surface area contributed by atoms with Crippen molar-refractivity contribution in [1.29, 1.82) is 0 Å². The number of anilines is 1. The van der Waals surface area contributed by atoms with Crippen molar-refractivity contribution < 1.29 is 33.7 Å². The quantitative estimate of drug-likeness (QED) is 0.248. The number of aliphatic hydroxyl groups is 2. The number of aromatic nitrogens is 3. The highest BCUT2D eigenvalue weighted by Crippen LogP contribution is 2.27. The lowest BCUT2D eigenvalue weighted by atomic mass is 10.1. The molecule has 6 rings (SSSR count). The molecular weight excluding hydrogens is 585 g/mol. The number of halogens is 1. The molecule has 234 valence electrons. The molecule has 2 fully saturated rings. The molecule has 2 saturated heterocycles. The van der Waals surface area contributed by atoms with Crippen molar-refractivity contribution in [1.82, 2.24) is 29.5 Å². The fraction of sp³-hybridized carbons (Fsp3) is 0.323. The van der Waals surface area contributed by atoms with Gasteiger partial charge in [-0.05, 0) is 48.9 Å². The van der Waals surface area contributed by atoms with Gasteiger partial charge in [0.05, 0.1) is 25.1 Å². The zero-order chi connectivity index (χ0) is 31.8. The number of hydrogen-bond donors (Lipinski definition) is 4. The van der Waals surface area contributed by atoms with Gasteiger partial charge in [-0.2, -0.15) is 0 Å². The van der Waals surface area contributed by atoms with Crippen LogP contribution in [-0.4, -0.2) is 110 Å². The van der Waals surface area contributed by atoms with Crippen molar-refractivity contribution in [2.45, 2.75) is 25.2 Å². The zero-order valence-corrected chi connectivity index (χ0v) is 24.6. The SMILES string of the molecule is COc1ccc(-c2cnc3c(C(=O)Nc4ccc(C(=O)N5CCN(C(=O)[C@H]6NC[C@H](O)[C@@H]6O)CC5)c(C)c4)nccn23)cc1F. The van der Waals surface area contributed by atoms with Gasteiger partial charge in [0.15, 0.2) is 22.9 Å². The molecule has 0 saturated carbocycles. The standard InChI is InChI=1S/C31H32FN7O6/c1-17-13-19(4-5-20(17)30(43)37-9-11-38(12-10-37)31(44)25-27(41)23(40)16-34-25)36-29(42)26-28-35-15-22(39(28)8-7-33-26)18-3-6-24(45-2)21(32)14-18/h3-8,13-15,23,25,27,34,40-41H,9-12,16H2,1-2H3,(H,36,42)/t23-,25-,27-/m0/s1. The lowest BCUT2D eigenvalue weighted by molar-refractivity contribution is -0.137. The maximum absolute atomic E-state index is 14.3. The van der Waals surface area contributed by atoms with Crippen LogP contribution in [0.15, 0.2) is 55.0 Å². The minimum Gasteiger partial charge on any atom is -0.494 e. The number of carbonyl (C=O) groups is 3. The number of nitrogens with zero attached hydrogens (tertiary/aromatic N) is 5. The number of imidazole rings is 1. The summed E-state index contributed by atoms with van der Waals surface area (Å²) in [6.45, 7) is 3.17. The largest absolute Gasteiger partial charge is 0.494 e. The summed E-state index contributed by atoms with van der Waals surface area (Å²) in [5, 5.41) is 25.5. The van der Waals surface area contributed by atoms with Crippen LogP contribution in [0, 0.1) is 12.7 Å². The van der Waals surface area contributed by atoms with Crippen LogP contribution in [0.3, 0.4) is 0 Å². The topological polar surface area (TPSA) is 162 Å². The van der Waals surface area contributed by atoms with Gasteiger partial charge in [-0.15, -0.1) is 0 Å². The number of ether oxygens (including phenoxy) is 1. The van der Waals surface area contributed by atoms with E-state index >= 15 is 0 Å². The number of rotatable bonds is 6. The number of piperazine rings is 1. The molecule has 2 aromatic carbocycles. The number of aliphatic hydroxyl groups excluding tert-OH is 2. The van der Waals surface area contributed by atoms with Gasteiger partial charge in [-0.25, -0.2) is 14.4 Å². The Balaban J connectivity index is 1.12. The molecule has 3 amide bonds. The molecular formula is C31H32FN7O6. The highest BCUT2D eigenvalue weighted by Gasteiger charge is 2.40. The van der Waals surface area contributed by atoms with E-state index in [1.54, 1.807) is 51.6 Å². The number of carbonyl (C=O) groups excluding carboxylic acids is 3. The van der Waals surface area contributed by atoms with E-state index in [-0.39, 0.29) is 35.4 Å². The summed E-state index contributed by atoms with van der Waals surface area (Å²) in [5.74, 6) is -1.41. The zero-order valence-electron chi connectivity index (χ0n) is 24.6. The van der Waals surface area contributed by atoms with E-state index in [1.165, 1.54) is 31.6 Å². The molecule has 45 heavy (non-hydrogen) atoms. The predicted molar refractivity (Wildman–Crippen MR) is 160 cm³/mol. The lowest BCUT2D eigenvalue weighted by Crippen LogP contribution is -2.56. The van der Waals surface area contributed by atoms with Crippen molar-refractivity contribution >= 4 is 29.1 Å². The number of fused-ring (bicyclic) bond motifs is 1. The van der Waals surface area contributed by atoms with Crippen LogP contribution in [0.1, 0.15) is 26.4 Å². The highest BCUT2D eigenvalue weighted by molar-refractivity contribution is 6.07. The summed E-state index contributed by atoms with van der Waals surface area (Å²) < 4.78 is 21.0. The minimum atomic E-state index is -1.16. The molecule has 0 bridgehead atoms. The summed E-state index contributed by atoms with van der Waals surface area (Å²) in [6, 6.07) is 8.66. The first-order chi connectivity index (χ1) is 21.7. The summed E-state index contributed by atoms with van der Waals surface area (Å²) in [4.78, 5) is 51.2. The van der Waals surface area contributed by atoms with E-state index < -0.39 is 30.0 Å². The number of benzene rings is 2. The average molecular weight is 618 g/mol. The molecule has 2 aliphatic heterocycles. The first-order valence-corrected chi connectivity index (χ1v) is 14.4. The van der Waals surface area contributed by atoms with Crippen LogP contribution in [0.5, 0.6) is 5.75 Å². The van der Waals surface area contributed by atoms with Gasteiger partial charge in [-0.3, -0.25) is 18.8 Å². The maximum atomic E-state index is 14.3. The smallest absolute Gasteiger partial charge is 0.278 e. The molecule has 0 radical (unpaired) electrons. The van der Waals surface area contributed by atoms with Crippen LogP contribution in [0.4, 0.5) is 10.1 Å². The third-order valence-corrected chi connectivity index (χ3v) is 8.23. The predicted octanol–water partition coefficient (Wildman–Crippen LogP) is 1.08. The van der Waals surface area contributed by atoms with Crippen molar-refractivity contribution in [3.63, 3.8) is 0 Å². The fourth-order valence-electron chi connectivity index (χ4n) is 5.73. The van der Waals surface area contributed by atoms with Gasteiger partial charge in [0.1, 0.15) is 12.1 Å². The molecule has 4 N–H and O–H groups in total. The lowest BCUT2D eigenvalue weighted by Gasteiger charge is -2.36. The average Bonchev–Trinajstić information content (AvgIpc) is 3.63. The Labute approximate surface area is 257 Å². The molecule has 3 atom stereocenters. The number of methoxy groups -OCH3 is 1. The monoisotopic (exact) mass is 617 g/mol. The van der Waals surface area contributed by atoms with Crippen LogP contribution < -0.4 is 15.4 Å². The molecule has 13 nitrogen and oxygen atoms in total. The second-order valence-electron chi connectivity index (χ2n) is 11.0. The molecule has 2 aromatic heterocycles. The summed E-state index contributed by atoms with van der Waals surface area (Å²) in [6.07, 6.45) is 2.48. The van der Waals surface area contributed by atoms with Gasteiger partial charge in [0, 0.05) is 61.9 Å². The summed E-state index contributed by atoms with van der Waals surface area (Å²) in [7, 11) is 1.39. The first kappa shape index (κ1) is 30.1. The van der Waals surface area contributed by atoms with E-state index in [9.17, 15) is 29.0 Å².